The summed E-state index contributed by atoms with van der Waals surface area (Å²) in [5.41, 5.74) is 1.17. The van der Waals surface area contributed by atoms with Crippen LogP contribution in [0.1, 0.15) is 37.9 Å². The number of carbonyl (C=O) groups is 2. The molecule has 0 bridgehead atoms. The second-order valence-electron chi connectivity index (χ2n) is 5.39. The van der Waals surface area contributed by atoms with Gasteiger partial charge in [0.25, 0.3) is 0 Å². The Balaban J connectivity index is 2.04. The van der Waals surface area contributed by atoms with Crippen LogP contribution in [0.3, 0.4) is 0 Å². The monoisotopic (exact) mass is 259 g/mol. The van der Waals surface area contributed by atoms with Crippen LogP contribution in [0.15, 0.2) is 24.3 Å². The Labute approximate surface area is 112 Å². The number of aliphatic hydroxyl groups is 1. The van der Waals surface area contributed by atoms with Crippen molar-refractivity contribution in [1.29, 1.82) is 0 Å². The fourth-order valence-corrected chi connectivity index (χ4v) is 3.27. The van der Waals surface area contributed by atoms with Crippen molar-refractivity contribution >= 4 is 17.5 Å². The molecular formula is C15H17NO3. The minimum atomic E-state index is -0.697. The van der Waals surface area contributed by atoms with E-state index in [1.165, 1.54) is 4.90 Å². The molecule has 1 aromatic carbocycles. The fourth-order valence-electron chi connectivity index (χ4n) is 3.27. The number of nitrogens with zero attached hydrogens (tertiary/aromatic N) is 1. The Bertz CT molecular complexity index is 516. The number of anilines is 1. The number of imide groups is 1. The molecule has 0 spiro atoms. The van der Waals surface area contributed by atoms with Gasteiger partial charge in [0.1, 0.15) is 0 Å². The van der Waals surface area contributed by atoms with Gasteiger partial charge in [-0.2, -0.15) is 0 Å². The average molecular weight is 259 g/mol. The largest absolute Gasteiger partial charge is 0.389 e. The summed E-state index contributed by atoms with van der Waals surface area (Å²) in [5, 5.41) is 9.79. The average Bonchev–Trinajstić information content (AvgIpc) is 2.95. The summed E-state index contributed by atoms with van der Waals surface area (Å²) in [7, 11) is 0. The van der Waals surface area contributed by atoms with Crippen molar-refractivity contribution in [1.82, 2.24) is 0 Å². The van der Waals surface area contributed by atoms with E-state index in [-0.39, 0.29) is 23.7 Å². The molecule has 1 aromatic rings. The highest BCUT2D eigenvalue weighted by Gasteiger charge is 2.50. The molecule has 0 aromatic heterocycles. The summed E-state index contributed by atoms with van der Waals surface area (Å²) in [4.78, 5) is 26.1. The van der Waals surface area contributed by atoms with E-state index in [0.717, 1.165) is 19.3 Å². The fraction of sp³-hybridized carbons (Fsp3) is 0.467. The molecular weight excluding hydrogens is 242 g/mol. The third-order valence-corrected chi connectivity index (χ3v) is 4.22. The minimum absolute atomic E-state index is 0.0967. The van der Waals surface area contributed by atoms with Crippen molar-refractivity contribution in [3.8, 4) is 0 Å². The molecule has 0 radical (unpaired) electrons. The molecule has 1 saturated carbocycles. The lowest BCUT2D eigenvalue weighted by molar-refractivity contribution is -0.122. The van der Waals surface area contributed by atoms with Crippen molar-refractivity contribution in [2.45, 2.75) is 32.3 Å². The molecule has 3 atom stereocenters. The highest BCUT2D eigenvalue weighted by Crippen LogP contribution is 2.42. The molecule has 4 nitrogen and oxygen atoms in total. The standard InChI is InChI=1S/C15H17NO3/c1-9(17)10-5-2-3-8-13(10)16-14(18)11-6-4-7-12(11)15(16)19/h2-3,5,8-9,11-12,17H,4,6-7H2,1H3. The van der Waals surface area contributed by atoms with Gasteiger partial charge in [0, 0.05) is 5.56 Å². The van der Waals surface area contributed by atoms with Crippen LogP contribution in [0.5, 0.6) is 0 Å². The van der Waals surface area contributed by atoms with Gasteiger partial charge in [-0.25, -0.2) is 4.90 Å². The highest BCUT2D eigenvalue weighted by atomic mass is 16.3. The lowest BCUT2D eigenvalue weighted by Crippen LogP contribution is -2.32. The van der Waals surface area contributed by atoms with Gasteiger partial charge in [-0.15, -0.1) is 0 Å². The third kappa shape index (κ3) is 1.78. The zero-order chi connectivity index (χ0) is 13.6. The first-order valence-corrected chi connectivity index (χ1v) is 6.76. The van der Waals surface area contributed by atoms with Gasteiger partial charge in [0.15, 0.2) is 0 Å². The molecule has 1 aliphatic heterocycles. The van der Waals surface area contributed by atoms with E-state index in [0.29, 0.717) is 11.3 Å². The van der Waals surface area contributed by atoms with Crippen molar-refractivity contribution in [2.24, 2.45) is 11.8 Å². The van der Waals surface area contributed by atoms with Crippen LogP contribution in [-0.2, 0) is 9.59 Å². The normalized spacial score (nSPS) is 27.8. The number of aliphatic hydroxyl groups excluding tert-OH is 1. The molecule has 4 heteroatoms. The SMILES string of the molecule is CC(O)c1ccccc1N1C(=O)C2CCCC2C1=O. The summed E-state index contributed by atoms with van der Waals surface area (Å²) in [6.07, 6.45) is 1.88. The Morgan fingerprint density at radius 1 is 1.16 bits per heavy atom. The van der Waals surface area contributed by atoms with Crippen LogP contribution in [0.25, 0.3) is 0 Å². The molecule has 2 fully saturated rings. The lowest BCUT2D eigenvalue weighted by atomic mass is 10.00. The molecule has 1 N–H and O–H groups in total. The van der Waals surface area contributed by atoms with Gasteiger partial charge in [-0.3, -0.25) is 9.59 Å². The Morgan fingerprint density at radius 3 is 2.32 bits per heavy atom. The van der Waals surface area contributed by atoms with Gasteiger partial charge in [-0.05, 0) is 25.8 Å². The van der Waals surface area contributed by atoms with E-state index in [1.54, 1.807) is 31.2 Å². The van der Waals surface area contributed by atoms with Gasteiger partial charge < -0.3 is 5.11 Å². The predicted molar refractivity (Wildman–Crippen MR) is 70.4 cm³/mol. The van der Waals surface area contributed by atoms with Gasteiger partial charge in [0.2, 0.25) is 11.8 Å². The number of para-hydroxylation sites is 1. The first kappa shape index (κ1) is 12.4. The van der Waals surface area contributed by atoms with Crippen LogP contribution < -0.4 is 4.90 Å². The minimum Gasteiger partial charge on any atom is -0.389 e. The zero-order valence-corrected chi connectivity index (χ0v) is 10.9. The summed E-state index contributed by atoms with van der Waals surface area (Å²) in [6, 6.07) is 7.08. The topological polar surface area (TPSA) is 57.6 Å². The van der Waals surface area contributed by atoms with Crippen molar-refractivity contribution in [2.75, 3.05) is 4.90 Å². The molecule has 100 valence electrons. The Hall–Kier alpha value is -1.68. The van der Waals surface area contributed by atoms with Crippen LogP contribution in [0.2, 0.25) is 0 Å². The second kappa shape index (κ2) is 4.46. The summed E-state index contributed by atoms with van der Waals surface area (Å²) in [6.45, 7) is 1.64. The number of benzene rings is 1. The van der Waals surface area contributed by atoms with Gasteiger partial charge in [-0.1, -0.05) is 24.6 Å². The van der Waals surface area contributed by atoms with E-state index in [4.69, 9.17) is 0 Å². The van der Waals surface area contributed by atoms with Crippen LogP contribution in [0, 0.1) is 11.8 Å². The van der Waals surface area contributed by atoms with E-state index in [2.05, 4.69) is 0 Å². The maximum Gasteiger partial charge on any atom is 0.237 e. The van der Waals surface area contributed by atoms with E-state index in [9.17, 15) is 14.7 Å². The molecule has 1 heterocycles. The molecule has 3 unspecified atom stereocenters. The maximum atomic E-state index is 12.4. The summed E-state index contributed by atoms with van der Waals surface area (Å²) >= 11 is 0. The number of rotatable bonds is 2. The first-order valence-electron chi connectivity index (χ1n) is 6.76. The molecule has 3 rings (SSSR count). The Kier molecular flexibility index (Phi) is 2.90. The van der Waals surface area contributed by atoms with E-state index >= 15 is 0 Å². The lowest BCUT2D eigenvalue weighted by Gasteiger charge is -2.20. The van der Waals surface area contributed by atoms with Gasteiger partial charge in [0.05, 0.1) is 23.6 Å². The molecule has 1 saturated heterocycles. The zero-order valence-electron chi connectivity index (χ0n) is 10.9. The summed E-state index contributed by atoms with van der Waals surface area (Å²) in [5.74, 6) is -0.481. The first-order chi connectivity index (χ1) is 9.11. The van der Waals surface area contributed by atoms with Crippen molar-refractivity contribution < 1.29 is 14.7 Å². The number of carbonyl (C=O) groups excluding carboxylic acids is 2. The third-order valence-electron chi connectivity index (χ3n) is 4.22. The number of amides is 2. The molecule has 19 heavy (non-hydrogen) atoms. The molecule has 1 aliphatic carbocycles. The smallest absolute Gasteiger partial charge is 0.237 e. The van der Waals surface area contributed by atoms with E-state index in [1.807, 2.05) is 0 Å². The van der Waals surface area contributed by atoms with Gasteiger partial charge >= 0.3 is 0 Å². The number of hydrogen-bond donors (Lipinski definition) is 1. The maximum absolute atomic E-state index is 12.4. The Morgan fingerprint density at radius 2 is 1.74 bits per heavy atom. The highest BCUT2D eigenvalue weighted by molar-refractivity contribution is 6.22. The van der Waals surface area contributed by atoms with Crippen LogP contribution in [0.4, 0.5) is 5.69 Å². The molecule has 2 amide bonds. The van der Waals surface area contributed by atoms with Crippen LogP contribution in [-0.4, -0.2) is 16.9 Å². The van der Waals surface area contributed by atoms with Crippen molar-refractivity contribution in [3.63, 3.8) is 0 Å². The quantitative estimate of drug-likeness (QED) is 0.827. The number of fused-ring (bicyclic) bond motifs is 1. The van der Waals surface area contributed by atoms with Crippen LogP contribution >= 0.6 is 0 Å². The molecule has 2 aliphatic rings. The predicted octanol–water partition coefficient (Wildman–Crippen LogP) is 2.03. The summed E-state index contributed by atoms with van der Waals surface area (Å²) < 4.78 is 0. The van der Waals surface area contributed by atoms with E-state index < -0.39 is 6.10 Å². The second-order valence-corrected chi connectivity index (χ2v) is 5.39. The number of hydrogen-bond acceptors (Lipinski definition) is 3. The van der Waals surface area contributed by atoms with Crippen molar-refractivity contribution in [3.05, 3.63) is 29.8 Å².